The number of esters is 1. The number of methoxy groups -OCH3 is 1. The van der Waals surface area contributed by atoms with E-state index < -0.39 is 35.0 Å². The smallest absolute Gasteiger partial charge is 0.434 e. The zero-order valence-corrected chi connectivity index (χ0v) is 28.3. The standard InChI is InChI=1S/C36H25BrF3N3O5S/c1-3-47-34(45)30-31(29-24-11-7-6-8-21(24)13-15-27(29)46-2)43-33(44)28(49-35(43)42-32(30)36(38,39)40)17-20-12-14-26(25(37)16-20)48-19-23-10-5-4-9-22(23)18-41/h4-17,31H,3,19H2,1-2H3/b28-17+/t31-/m1/s1. The van der Waals surface area contributed by atoms with E-state index in [4.69, 9.17) is 14.2 Å². The number of nitrogens with zero attached hydrogens (tertiary/aromatic N) is 3. The molecule has 1 atom stereocenters. The van der Waals surface area contributed by atoms with Gasteiger partial charge < -0.3 is 14.2 Å². The van der Waals surface area contributed by atoms with Gasteiger partial charge in [0.25, 0.3) is 5.56 Å². The number of carbonyl (C=O) groups is 1. The molecule has 1 aromatic heterocycles. The van der Waals surface area contributed by atoms with E-state index in [0.717, 1.165) is 15.9 Å². The van der Waals surface area contributed by atoms with E-state index in [2.05, 4.69) is 27.0 Å². The highest BCUT2D eigenvalue weighted by Gasteiger charge is 2.46. The summed E-state index contributed by atoms with van der Waals surface area (Å²) in [6.45, 7) is 1.42. The summed E-state index contributed by atoms with van der Waals surface area (Å²) in [4.78, 5) is 31.2. The van der Waals surface area contributed by atoms with Crippen LogP contribution in [0.15, 0.2) is 104 Å². The van der Waals surface area contributed by atoms with Crippen LogP contribution in [0.4, 0.5) is 13.2 Å². The average Bonchev–Trinajstić information content (AvgIpc) is 3.40. The maximum absolute atomic E-state index is 14.7. The Balaban J connectivity index is 1.52. The number of fused-ring (bicyclic) bond motifs is 2. The minimum absolute atomic E-state index is 0.0816. The summed E-state index contributed by atoms with van der Waals surface area (Å²) in [6, 6.07) is 22.9. The number of hydrogen-bond donors (Lipinski definition) is 0. The van der Waals surface area contributed by atoms with Crippen LogP contribution in [0, 0.1) is 11.3 Å². The molecule has 248 valence electrons. The van der Waals surface area contributed by atoms with Gasteiger partial charge in [0, 0.05) is 11.1 Å². The van der Waals surface area contributed by atoms with Crippen molar-refractivity contribution in [2.24, 2.45) is 4.99 Å². The van der Waals surface area contributed by atoms with Crippen molar-refractivity contribution in [2.75, 3.05) is 13.7 Å². The van der Waals surface area contributed by atoms with Crippen molar-refractivity contribution < 1.29 is 32.2 Å². The minimum Gasteiger partial charge on any atom is -0.496 e. The van der Waals surface area contributed by atoms with E-state index in [-0.39, 0.29) is 33.9 Å². The van der Waals surface area contributed by atoms with Crippen molar-refractivity contribution in [3.8, 4) is 17.6 Å². The van der Waals surface area contributed by atoms with E-state index in [1.807, 2.05) is 6.07 Å². The summed E-state index contributed by atoms with van der Waals surface area (Å²) in [5.41, 5.74) is -0.982. The Hall–Kier alpha value is -5.19. The fourth-order valence-corrected chi connectivity index (χ4v) is 7.15. The summed E-state index contributed by atoms with van der Waals surface area (Å²) in [5.74, 6) is -0.589. The molecule has 4 aromatic carbocycles. The van der Waals surface area contributed by atoms with E-state index in [1.54, 1.807) is 72.8 Å². The number of carbonyl (C=O) groups excluding carboxylic acids is 1. The first-order valence-corrected chi connectivity index (χ1v) is 16.4. The third-order valence-electron chi connectivity index (χ3n) is 7.79. The number of rotatable bonds is 8. The molecule has 0 N–H and O–H groups in total. The highest BCUT2D eigenvalue weighted by Crippen LogP contribution is 2.43. The fraction of sp³-hybridized carbons (Fsp3) is 0.167. The lowest BCUT2D eigenvalue weighted by molar-refractivity contribution is -0.140. The molecule has 0 saturated carbocycles. The summed E-state index contributed by atoms with van der Waals surface area (Å²) in [7, 11) is 1.36. The second-order valence-electron chi connectivity index (χ2n) is 10.7. The molecule has 0 radical (unpaired) electrons. The molecule has 2 heterocycles. The van der Waals surface area contributed by atoms with Crippen molar-refractivity contribution in [1.82, 2.24) is 4.57 Å². The number of aromatic nitrogens is 1. The molecule has 1 aliphatic rings. The van der Waals surface area contributed by atoms with Crippen LogP contribution in [-0.4, -0.2) is 30.4 Å². The van der Waals surface area contributed by atoms with Gasteiger partial charge in [-0.1, -0.05) is 65.9 Å². The van der Waals surface area contributed by atoms with Gasteiger partial charge in [0.2, 0.25) is 0 Å². The molecule has 0 saturated heterocycles. The van der Waals surface area contributed by atoms with Gasteiger partial charge in [0.1, 0.15) is 24.1 Å². The van der Waals surface area contributed by atoms with Gasteiger partial charge in [-0.25, -0.2) is 9.79 Å². The fourth-order valence-electron chi connectivity index (χ4n) is 5.64. The highest BCUT2D eigenvalue weighted by molar-refractivity contribution is 9.10. The van der Waals surface area contributed by atoms with E-state index in [9.17, 15) is 28.0 Å². The third kappa shape index (κ3) is 6.49. The maximum atomic E-state index is 14.7. The van der Waals surface area contributed by atoms with Crippen LogP contribution < -0.4 is 24.4 Å². The van der Waals surface area contributed by atoms with Crippen LogP contribution in [0.3, 0.4) is 0 Å². The molecule has 0 unspecified atom stereocenters. The molecule has 0 spiro atoms. The van der Waals surface area contributed by atoms with Gasteiger partial charge in [-0.2, -0.15) is 18.4 Å². The quantitative estimate of drug-likeness (QED) is 0.164. The van der Waals surface area contributed by atoms with Gasteiger partial charge in [0.15, 0.2) is 10.5 Å². The largest absolute Gasteiger partial charge is 0.496 e. The number of ether oxygens (including phenoxy) is 3. The van der Waals surface area contributed by atoms with Crippen molar-refractivity contribution in [2.45, 2.75) is 25.7 Å². The van der Waals surface area contributed by atoms with Crippen LogP contribution >= 0.6 is 27.3 Å². The molecule has 6 rings (SSSR count). The Morgan fingerprint density at radius 2 is 1.82 bits per heavy atom. The van der Waals surface area contributed by atoms with Crippen LogP contribution in [0.1, 0.15) is 35.2 Å². The average molecular weight is 749 g/mol. The number of alkyl halides is 3. The van der Waals surface area contributed by atoms with Gasteiger partial charge in [-0.3, -0.25) is 9.36 Å². The molecule has 8 nitrogen and oxygen atoms in total. The third-order valence-corrected chi connectivity index (χ3v) is 9.40. The van der Waals surface area contributed by atoms with Crippen LogP contribution in [0.25, 0.3) is 16.8 Å². The minimum atomic E-state index is -5.05. The predicted molar refractivity (Wildman–Crippen MR) is 181 cm³/mol. The normalized spacial score (nSPS) is 14.6. The SMILES string of the molecule is CCOC(=O)C1=C(C(F)(F)F)N=c2s/c(=C/c3ccc(OCc4ccccc4C#N)c(Br)c3)c(=O)n2[C@@H]1c1c(OC)ccc2ccccc12. The van der Waals surface area contributed by atoms with Crippen molar-refractivity contribution in [1.29, 1.82) is 5.26 Å². The molecule has 49 heavy (non-hydrogen) atoms. The van der Waals surface area contributed by atoms with E-state index in [0.29, 0.717) is 37.7 Å². The molecule has 1 aliphatic heterocycles. The van der Waals surface area contributed by atoms with Gasteiger partial charge in [-0.05, 0) is 69.5 Å². The molecule has 0 aliphatic carbocycles. The number of benzene rings is 4. The van der Waals surface area contributed by atoms with Crippen molar-refractivity contribution >= 4 is 50.1 Å². The molecule has 13 heteroatoms. The van der Waals surface area contributed by atoms with E-state index in [1.165, 1.54) is 20.1 Å². The van der Waals surface area contributed by atoms with Gasteiger partial charge in [0.05, 0.1) is 39.9 Å². The van der Waals surface area contributed by atoms with Crippen LogP contribution in [0.2, 0.25) is 0 Å². The first kappa shape index (κ1) is 33.7. The van der Waals surface area contributed by atoms with E-state index >= 15 is 0 Å². The zero-order chi connectivity index (χ0) is 34.9. The first-order chi connectivity index (χ1) is 23.5. The summed E-state index contributed by atoms with van der Waals surface area (Å²) < 4.78 is 62.5. The summed E-state index contributed by atoms with van der Waals surface area (Å²) >= 11 is 4.25. The van der Waals surface area contributed by atoms with Gasteiger partial charge in [-0.15, -0.1) is 0 Å². The molecule has 5 aromatic rings. The van der Waals surface area contributed by atoms with Gasteiger partial charge >= 0.3 is 12.1 Å². The molecular formula is C36H25BrF3N3O5S. The summed E-state index contributed by atoms with van der Waals surface area (Å²) in [5, 5.41) is 10.5. The molecular weight excluding hydrogens is 723 g/mol. The molecule has 0 amide bonds. The Morgan fingerprint density at radius 1 is 1.08 bits per heavy atom. The topological polar surface area (TPSA) is 103 Å². The van der Waals surface area contributed by atoms with Crippen LogP contribution in [0.5, 0.6) is 11.5 Å². The Morgan fingerprint density at radius 3 is 2.53 bits per heavy atom. The number of nitriles is 1. The van der Waals surface area contributed by atoms with Crippen molar-refractivity contribution in [3.05, 3.63) is 137 Å². The lowest BCUT2D eigenvalue weighted by atomic mass is 9.90. The lowest BCUT2D eigenvalue weighted by Gasteiger charge is -2.28. The Kier molecular flexibility index (Phi) is 9.45. The molecule has 0 bridgehead atoms. The van der Waals surface area contributed by atoms with Crippen molar-refractivity contribution in [3.63, 3.8) is 0 Å². The number of hydrogen-bond acceptors (Lipinski definition) is 8. The zero-order valence-electron chi connectivity index (χ0n) is 25.9. The number of halogens is 4. The second-order valence-corrected chi connectivity index (χ2v) is 12.6. The Bertz CT molecular complexity index is 2380. The first-order valence-electron chi connectivity index (χ1n) is 14.8. The lowest BCUT2D eigenvalue weighted by Crippen LogP contribution is -2.41. The monoisotopic (exact) mass is 747 g/mol. The maximum Gasteiger partial charge on any atom is 0.434 e. The summed E-state index contributed by atoms with van der Waals surface area (Å²) in [6.07, 6.45) is -3.52. The second kappa shape index (κ2) is 13.7. The number of thiazole rings is 1. The number of allylic oxidation sites excluding steroid dienone is 1. The molecule has 0 fully saturated rings. The predicted octanol–water partition coefficient (Wildman–Crippen LogP) is 6.72. The van der Waals surface area contributed by atoms with Crippen LogP contribution in [-0.2, 0) is 16.1 Å². The Labute approximate surface area is 289 Å². The highest BCUT2D eigenvalue weighted by atomic mass is 79.9.